The molecule has 0 saturated heterocycles. The van der Waals surface area contributed by atoms with E-state index in [1.807, 2.05) is 41.5 Å². The van der Waals surface area contributed by atoms with Crippen LogP contribution in [-0.4, -0.2) is 19.7 Å². The van der Waals surface area contributed by atoms with E-state index in [-0.39, 0.29) is 6.04 Å². The molecule has 0 radical (unpaired) electrons. The average molecular weight is 303 g/mol. The number of rotatable bonds is 4. The molecule has 23 heavy (non-hydrogen) atoms. The van der Waals surface area contributed by atoms with Crippen LogP contribution in [0.15, 0.2) is 59.9 Å². The smallest absolute Gasteiger partial charge is 0.137 e. The maximum atomic E-state index is 9.10. The summed E-state index contributed by atoms with van der Waals surface area (Å²) in [7, 11) is 0. The van der Waals surface area contributed by atoms with Crippen molar-refractivity contribution in [3.8, 4) is 17.2 Å². The molecule has 0 saturated carbocycles. The van der Waals surface area contributed by atoms with Crippen molar-refractivity contribution in [2.75, 3.05) is 0 Å². The van der Waals surface area contributed by atoms with Gasteiger partial charge in [0, 0.05) is 35.1 Å². The largest absolute Gasteiger partial charge is 0.472 e. The number of nitriles is 1. The number of hydrogen-bond donors (Lipinski definition) is 1. The van der Waals surface area contributed by atoms with Gasteiger partial charge in [0.05, 0.1) is 37.3 Å². The van der Waals surface area contributed by atoms with Crippen molar-refractivity contribution in [1.29, 1.82) is 5.26 Å². The van der Waals surface area contributed by atoms with Crippen molar-refractivity contribution in [2.45, 2.75) is 12.5 Å². The molecule has 0 fully saturated rings. The molecule has 1 N–H and O–H groups in total. The maximum Gasteiger partial charge on any atom is 0.137 e. The molecule has 1 atom stereocenters. The minimum Gasteiger partial charge on any atom is -0.472 e. The normalized spacial score (nSPS) is 12.3. The lowest BCUT2D eigenvalue weighted by molar-refractivity contribution is 0.513. The molecule has 4 aromatic rings. The van der Waals surface area contributed by atoms with E-state index in [1.165, 1.54) is 0 Å². The summed E-state index contributed by atoms with van der Waals surface area (Å²) in [5.41, 5.74) is 3.83. The summed E-state index contributed by atoms with van der Waals surface area (Å²) >= 11 is 0. The van der Waals surface area contributed by atoms with Gasteiger partial charge in [0.25, 0.3) is 0 Å². The van der Waals surface area contributed by atoms with E-state index in [1.54, 1.807) is 18.7 Å². The molecule has 0 aliphatic rings. The fourth-order valence-corrected chi connectivity index (χ4v) is 2.78. The summed E-state index contributed by atoms with van der Waals surface area (Å²) in [5, 5.41) is 14.6. The maximum absolute atomic E-state index is 9.10. The van der Waals surface area contributed by atoms with Crippen molar-refractivity contribution in [1.82, 2.24) is 19.7 Å². The zero-order chi connectivity index (χ0) is 15.6. The van der Waals surface area contributed by atoms with Crippen molar-refractivity contribution < 1.29 is 4.42 Å². The molecule has 0 bridgehead atoms. The molecule has 0 aromatic carbocycles. The Morgan fingerprint density at radius 3 is 3.13 bits per heavy atom. The molecule has 0 aliphatic carbocycles. The summed E-state index contributed by atoms with van der Waals surface area (Å²) in [6.45, 7) is 0. The zero-order valence-corrected chi connectivity index (χ0v) is 12.2. The third kappa shape index (κ3) is 2.28. The SMILES string of the molecule is N#CCC(c1ccoc1)n1cc(-c2ccnc3[nH]ccc23)cn1. The predicted octanol–water partition coefficient (Wildman–Crippen LogP) is 3.52. The van der Waals surface area contributed by atoms with Gasteiger partial charge in [0.15, 0.2) is 0 Å². The first-order valence-electron chi connectivity index (χ1n) is 7.22. The molecule has 0 amide bonds. The predicted molar refractivity (Wildman–Crippen MR) is 84.4 cm³/mol. The van der Waals surface area contributed by atoms with Gasteiger partial charge in [-0.2, -0.15) is 10.4 Å². The monoisotopic (exact) mass is 303 g/mol. The van der Waals surface area contributed by atoms with Crippen LogP contribution in [0.25, 0.3) is 22.2 Å². The highest BCUT2D eigenvalue weighted by Gasteiger charge is 2.17. The molecule has 0 spiro atoms. The summed E-state index contributed by atoms with van der Waals surface area (Å²) < 4.78 is 6.95. The quantitative estimate of drug-likeness (QED) is 0.625. The van der Waals surface area contributed by atoms with Gasteiger partial charge in [0.1, 0.15) is 5.65 Å². The number of fused-ring (bicyclic) bond motifs is 1. The minimum absolute atomic E-state index is 0.156. The number of H-pyrrole nitrogens is 1. The van der Waals surface area contributed by atoms with E-state index < -0.39 is 0 Å². The molecule has 112 valence electrons. The second-order valence-electron chi connectivity index (χ2n) is 5.24. The molecule has 0 aliphatic heterocycles. The van der Waals surface area contributed by atoms with Gasteiger partial charge >= 0.3 is 0 Å². The standard InChI is InChI=1S/C17H13N5O/c18-5-1-16(12-4-8-23-11-12)22-10-13(9-21-22)14-2-6-19-17-15(14)3-7-20-17/h2-4,6-11,16H,1H2,(H,19,20). The Bertz CT molecular complexity index is 974. The van der Waals surface area contributed by atoms with Crippen LogP contribution in [0.1, 0.15) is 18.0 Å². The lowest BCUT2D eigenvalue weighted by Crippen LogP contribution is -2.09. The Kier molecular flexibility index (Phi) is 3.17. The first-order chi connectivity index (χ1) is 11.4. The molecule has 4 rings (SSSR count). The topological polar surface area (TPSA) is 83.4 Å². The highest BCUT2D eigenvalue weighted by molar-refractivity contribution is 5.92. The van der Waals surface area contributed by atoms with E-state index in [0.29, 0.717) is 6.42 Å². The number of nitrogens with zero attached hydrogens (tertiary/aromatic N) is 4. The third-order valence-electron chi connectivity index (χ3n) is 3.90. The van der Waals surface area contributed by atoms with Gasteiger partial charge in [-0.05, 0) is 23.8 Å². The van der Waals surface area contributed by atoms with E-state index in [2.05, 4.69) is 21.1 Å². The third-order valence-corrected chi connectivity index (χ3v) is 3.90. The summed E-state index contributed by atoms with van der Waals surface area (Å²) in [4.78, 5) is 7.41. The summed E-state index contributed by atoms with van der Waals surface area (Å²) in [5.74, 6) is 0. The van der Waals surface area contributed by atoms with E-state index in [9.17, 15) is 0 Å². The zero-order valence-electron chi connectivity index (χ0n) is 12.2. The Morgan fingerprint density at radius 2 is 2.30 bits per heavy atom. The van der Waals surface area contributed by atoms with Gasteiger partial charge in [-0.15, -0.1) is 0 Å². The van der Waals surface area contributed by atoms with Gasteiger partial charge < -0.3 is 9.40 Å². The number of aromatic amines is 1. The van der Waals surface area contributed by atoms with Crippen LogP contribution in [0, 0.1) is 11.3 Å². The van der Waals surface area contributed by atoms with E-state index in [0.717, 1.165) is 27.7 Å². The van der Waals surface area contributed by atoms with Crippen LogP contribution < -0.4 is 0 Å². The van der Waals surface area contributed by atoms with Crippen molar-refractivity contribution >= 4 is 11.0 Å². The van der Waals surface area contributed by atoms with Gasteiger partial charge in [-0.1, -0.05) is 0 Å². The van der Waals surface area contributed by atoms with Gasteiger partial charge in [-0.3, -0.25) is 4.68 Å². The van der Waals surface area contributed by atoms with Crippen LogP contribution in [0.4, 0.5) is 0 Å². The Morgan fingerprint density at radius 1 is 1.35 bits per heavy atom. The highest BCUT2D eigenvalue weighted by Crippen LogP contribution is 2.29. The van der Waals surface area contributed by atoms with E-state index >= 15 is 0 Å². The van der Waals surface area contributed by atoms with Crippen LogP contribution in [0.5, 0.6) is 0 Å². The number of pyridine rings is 1. The Hall–Kier alpha value is -3.33. The minimum atomic E-state index is -0.156. The number of nitrogens with one attached hydrogen (secondary N) is 1. The number of furan rings is 1. The molecule has 4 heterocycles. The van der Waals surface area contributed by atoms with Crippen LogP contribution in [0.2, 0.25) is 0 Å². The van der Waals surface area contributed by atoms with Gasteiger partial charge in [-0.25, -0.2) is 4.98 Å². The lowest BCUT2D eigenvalue weighted by atomic mass is 10.1. The fraction of sp³-hybridized carbons (Fsp3) is 0.118. The first-order valence-corrected chi connectivity index (χ1v) is 7.22. The molecule has 6 heteroatoms. The molecule has 1 unspecified atom stereocenters. The van der Waals surface area contributed by atoms with E-state index in [4.69, 9.17) is 9.68 Å². The van der Waals surface area contributed by atoms with Crippen molar-refractivity contribution in [3.63, 3.8) is 0 Å². The average Bonchev–Trinajstić information content (AvgIpc) is 3.32. The number of hydrogen-bond acceptors (Lipinski definition) is 4. The lowest BCUT2D eigenvalue weighted by Gasteiger charge is -2.11. The van der Waals surface area contributed by atoms with Crippen LogP contribution in [-0.2, 0) is 0 Å². The second kappa shape index (κ2) is 5.46. The van der Waals surface area contributed by atoms with Crippen molar-refractivity contribution in [3.05, 3.63) is 61.1 Å². The first kappa shape index (κ1) is 13.3. The molecule has 6 nitrogen and oxygen atoms in total. The molecular formula is C17H13N5O. The fourth-order valence-electron chi connectivity index (χ4n) is 2.78. The highest BCUT2D eigenvalue weighted by atomic mass is 16.3. The summed E-state index contributed by atoms with van der Waals surface area (Å²) in [6.07, 6.45) is 11.0. The van der Waals surface area contributed by atoms with Crippen molar-refractivity contribution in [2.24, 2.45) is 0 Å². The molecule has 4 aromatic heterocycles. The second-order valence-corrected chi connectivity index (χ2v) is 5.24. The molecular weight excluding hydrogens is 290 g/mol. The number of aromatic nitrogens is 4. The van der Waals surface area contributed by atoms with Crippen LogP contribution in [0.3, 0.4) is 0 Å². The summed E-state index contributed by atoms with van der Waals surface area (Å²) in [6, 6.07) is 7.88. The van der Waals surface area contributed by atoms with Crippen LogP contribution >= 0.6 is 0 Å². The Labute approximate surface area is 132 Å². The van der Waals surface area contributed by atoms with Gasteiger partial charge in [0.2, 0.25) is 0 Å². The Balaban J connectivity index is 1.77.